The van der Waals surface area contributed by atoms with Crippen LogP contribution in [0.4, 0.5) is 36.8 Å². The van der Waals surface area contributed by atoms with Gasteiger partial charge in [-0.1, -0.05) is 42.5 Å². The van der Waals surface area contributed by atoms with Crippen LogP contribution < -0.4 is 15.4 Å². The van der Waals surface area contributed by atoms with E-state index in [-0.39, 0.29) is 17.1 Å². The summed E-state index contributed by atoms with van der Waals surface area (Å²) in [4.78, 5) is 16.4. The number of rotatable bonds is 7. The van der Waals surface area contributed by atoms with Crippen molar-refractivity contribution in [1.29, 1.82) is 0 Å². The molecule has 0 aromatic heterocycles. The lowest BCUT2D eigenvalue weighted by molar-refractivity contribution is -0.143. The third kappa shape index (κ3) is 7.14. The molecule has 0 atom stereocenters. The number of nitrogens with one attached hydrogen (secondary N) is 2. The number of ether oxygens (including phenoxy) is 1. The lowest BCUT2D eigenvalue weighted by Gasteiger charge is -2.18. The van der Waals surface area contributed by atoms with Gasteiger partial charge in [0.15, 0.2) is 0 Å². The Morgan fingerprint density at radius 1 is 0.974 bits per heavy atom. The number of amides is 1. The highest BCUT2D eigenvalue weighted by molar-refractivity contribution is 8.18. The minimum Gasteiger partial charge on any atom is -0.487 e. The van der Waals surface area contributed by atoms with E-state index in [4.69, 9.17) is 4.74 Å². The van der Waals surface area contributed by atoms with E-state index in [1.165, 1.54) is 13.1 Å². The first-order valence-electron chi connectivity index (χ1n) is 11.4. The molecule has 1 aliphatic heterocycles. The van der Waals surface area contributed by atoms with Gasteiger partial charge in [-0.3, -0.25) is 9.79 Å². The molecule has 0 radical (unpaired) electrons. The van der Waals surface area contributed by atoms with Crippen LogP contribution >= 0.6 is 11.8 Å². The van der Waals surface area contributed by atoms with E-state index in [0.29, 0.717) is 34.6 Å². The van der Waals surface area contributed by atoms with E-state index < -0.39 is 35.6 Å². The van der Waals surface area contributed by atoms with Gasteiger partial charge in [0.1, 0.15) is 18.2 Å². The molecule has 1 saturated heterocycles. The zero-order valence-electron chi connectivity index (χ0n) is 20.3. The first-order valence-corrected chi connectivity index (χ1v) is 12.3. The fourth-order valence-corrected chi connectivity index (χ4v) is 4.52. The smallest absolute Gasteiger partial charge is 0.416 e. The fraction of sp³-hybridized carbons (Fsp3) is 0.185. The van der Waals surface area contributed by atoms with Crippen molar-refractivity contribution >= 4 is 34.6 Å². The Kier molecular flexibility index (Phi) is 8.24. The highest BCUT2D eigenvalue weighted by Crippen LogP contribution is 2.38. The molecular weight excluding hydrogens is 544 g/mol. The van der Waals surface area contributed by atoms with Crippen molar-refractivity contribution in [2.45, 2.75) is 25.5 Å². The quantitative estimate of drug-likeness (QED) is 0.288. The molecule has 1 heterocycles. The van der Waals surface area contributed by atoms with Crippen molar-refractivity contribution in [2.75, 3.05) is 12.4 Å². The molecule has 1 fully saturated rings. The molecule has 0 bridgehead atoms. The second kappa shape index (κ2) is 11.4. The molecule has 39 heavy (non-hydrogen) atoms. The summed E-state index contributed by atoms with van der Waals surface area (Å²) in [6, 6.07) is 15.7. The Labute approximate surface area is 224 Å². The van der Waals surface area contributed by atoms with Crippen LogP contribution in [0.2, 0.25) is 0 Å². The average Bonchev–Trinajstić information content (AvgIpc) is 3.25. The topological polar surface area (TPSA) is 62.7 Å². The minimum absolute atomic E-state index is 0.0873. The molecule has 1 amide bonds. The highest BCUT2D eigenvalue weighted by Gasteiger charge is 2.38. The molecule has 4 rings (SSSR count). The van der Waals surface area contributed by atoms with Crippen LogP contribution in [0.3, 0.4) is 0 Å². The van der Waals surface area contributed by atoms with Gasteiger partial charge in [-0.2, -0.15) is 26.3 Å². The number of nitrogens with zero attached hydrogens (tertiary/aromatic N) is 1. The van der Waals surface area contributed by atoms with Crippen LogP contribution in [0.1, 0.15) is 27.8 Å². The molecule has 2 N–H and O–H groups in total. The number of anilines is 1. The summed E-state index contributed by atoms with van der Waals surface area (Å²) < 4.78 is 85.5. The number of hydrogen-bond donors (Lipinski definition) is 2. The van der Waals surface area contributed by atoms with Crippen LogP contribution in [-0.4, -0.2) is 18.1 Å². The summed E-state index contributed by atoms with van der Waals surface area (Å²) in [5.41, 5.74) is -1.23. The largest absolute Gasteiger partial charge is 0.487 e. The summed E-state index contributed by atoms with van der Waals surface area (Å²) >= 11 is 0.970. The molecule has 0 spiro atoms. The lowest BCUT2D eigenvalue weighted by atomic mass is 10.0. The number of halogens is 6. The molecule has 1 aliphatic rings. The Hall–Kier alpha value is -3.93. The normalized spacial score (nSPS) is 16.0. The Morgan fingerprint density at radius 3 is 2.38 bits per heavy atom. The molecule has 0 saturated carbocycles. The van der Waals surface area contributed by atoms with Gasteiger partial charge < -0.3 is 15.4 Å². The number of carbonyl (C=O) groups excluding carboxylic acids is 1. The lowest BCUT2D eigenvalue weighted by Crippen LogP contribution is -2.18. The molecule has 0 unspecified atom stereocenters. The van der Waals surface area contributed by atoms with E-state index in [2.05, 4.69) is 15.6 Å². The monoisotopic (exact) mass is 565 g/mol. The van der Waals surface area contributed by atoms with E-state index in [0.717, 1.165) is 23.4 Å². The zero-order chi connectivity index (χ0) is 28.2. The fourth-order valence-electron chi connectivity index (χ4n) is 3.74. The summed E-state index contributed by atoms with van der Waals surface area (Å²) in [5, 5.41) is 5.54. The Balaban J connectivity index is 1.64. The number of amidine groups is 1. The highest BCUT2D eigenvalue weighted by atomic mass is 32.2. The van der Waals surface area contributed by atoms with Crippen LogP contribution in [-0.2, 0) is 25.5 Å². The number of benzene rings is 3. The van der Waals surface area contributed by atoms with Crippen molar-refractivity contribution in [3.05, 3.63) is 99.5 Å². The van der Waals surface area contributed by atoms with Crippen molar-refractivity contribution in [3.63, 3.8) is 0 Å². The Morgan fingerprint density at radius 2 is 1.72 bits per heavy atom. The zero-order valence-corrected chi connectivity index (χ0v) is 21.1. The van der Waals surface area contributed by atoms with Gasteiger partial charge in [-0.15, -0.1) is 0 Å². The van der Waals surface area contributed by atoms with Crippen molar-refractivity contribution in [1.82, 2.24) is 5.32 Å². The molecule has 3 aromatic carbocycles. The summed E-state index contributed by atoms with van der Waals surface area (Å²) in [6.07, 6.45) is -8.20. The maximum absolute atomic E-state index is 13.6. The average molecular weight is 566 g/mol. The predicted molar refractivity (Wildman–Crippen MR) is 138 cm³/mol. The second-order valence-corrected chi connectivity index (χ2v) is 9.36. The second-order valence-electron chi connectivity index (χ2n) is 8.35. The maximum Gasteiger partial charge on any atom is 0.416 e. The third-order valence-electron chi connectivity index (χ3n) is 5.63. The Bertz CT molecular complexity index is 1420. The van der Waals surface area contributed by atoms with Crippen molar-refractivity contribution in [2.24, 2.45) is 4.99 Å². The number of thioether (sulfide) groups is 1. The summed E-state index contributed by atoms with van der Waals surface area (Å²) in [7, 11) is 1.54. The van der Waals surface area contributed by atoms with Gasteiger partial charge in [0, 0.05) is 19.2 Å². The number of carbonyl (C=O) groups is 1. The summed E-state index contributed by atoms with van der Waals surface area (Å²) in [5.74, 6) is 0.602. The standard InChI is InChI=1S/C27H21F6N3O2S/c1-34-24-23(39-25(37)36-24)12-17-7-10-22(21(11-17)35-14-16-5-3-2-4-6-16)38-15-18-8-9-19(26(28,29)30)13-20(18)27(31,32)33/h2-13,35H,14-15H2,1H3,(H,34,36,37). The SMILES string of the molecule is CN=C1NC(=O)SC1=Cc1ccc(OCc2ccc(C(F)(F)F)cc2C(F)(F)F)c(NCc2ccccc2)c1. The minimum atomic E-state index is -5.01. The van der Waals surface area contributed by atoms with Crippen LogP contribution in [0.15, 0.2) is 76.6 Å². The number of hydrogen-bond acceptors (Lipinski definition) is 5. The van der Waals surface area contributed by atoms with Crippen LogP contribution in [0.5, 0.6) is 5.75 Å². The van der Waals surface area contributed by atoms with E-state index in [1.54, 1.807) is 18.2 Å². The molecular formula is C27H21F6N3O2S. The van der Waals surface area contributed by atoms with Crippen LogP contribution in [0, 0.1) is 0 Å². The molecule has 3 aromatic rings. The van der Waals surface area contributed by atoms with Gasteiger partial charge in [0.05, 0.1) is 21.7 Å². The maximum atomic E-state index is 13.6. The molecule has 0 aliphatic carbocycles. The first kappa shape index (κ1) is 28.1. The van der Waals surface area contributed by atoms with Crippen LogP contribution in [0.25, 0.3) is 6.08 Å². The van der Waals surface area contributed by atoms with Gasteiger partial charge >= 0.3 is 12.4 Å². The summed E-state index contributed by atoms with van der Waals surface area (Å²) in [6.45, 7) is -0.254. The van der Waals surface area contributed by atoms with Crippen molar-refractivity contribution in [3.8, 4) is 5.75 Å². The van der Waals surface area contributed by atoms with E-state index in [9.17, 15) is 31.1 Å². The number of aliphatic imine (C=N–C) groups is 1. The van der Waals surface area contributed by atoms with E-state index >= 15 is 0 Å². The molecule has 204 valence electrons. The number of alkyl halides is 6. The first-order chi connectivity index (χ1) is 18.4. The molecule has 5 nitrogen and oxygen atoms in total. The van der Waals surface area contributed by atoms with Gasteiger partial charge in [-0.05, 0) is 53.2 Å². The molecule has 12 heteroatoms. The van der Waals surface area contributed by atoms with Crippen molar-refractivity contribution < 1.29 is 35.9 Å². The predicted octanol–water partition coefficient (Wildman–Crippen LogP) is 7.74. The van der Waals surface area contributed by atoms with Gasteiger partial charge in [0.2, 0.25) is 0 Å². The van der Waals surface area contributed by atoms with Gasteiger partial charge in [-0.25, -0.2) is 0 Å². The third-order valence-corrected chi connectivity index (χ3v) is 6.45. The van der Waals surface area contributed by atoms with Gasteiger partial charge in [0.25, 0.3) is 5.24 Å². The van der Waals surface area contributed by atoms with E-state index in [1.807, 2.05) is 30.3 Å².